The summed E-state index contributed by atoms with van der Waals surface area (Å²) in [4.78, 5) is 53.4. The van der Waals surface area contributed by atoms with Crippen molar-refractivity contribution in [2.45, 2.75) is 95.3 Å². The van der Waals surface area contributed by atoms with Crippen LogP contribution in [0.1, 0.15) is 111 Å². The van der Waals surface area contributed by atoms with Crippen LogP contribution in [-0.2, 0) is 22.8 Å². The minimum atomic E-state index is -4.65. The number of carbonyl (C=O) groups is 3. The van der Waals surface area contributed by atoms with E-state index < -0.39 is 41.3 Å². The molecule has 326 valence electrons. The zero-order valence-electron chi connectivity index (χ0n) is 34.7. The van der Waals surface area contributed by atoms with Crippen molar-refractivity contribution in [2.24, 2.45) is 7.05 Å². The maximum Gasteiger partial charge on any atom is 0.433 e. The van der Waals surface area contributed by atoms with Crippen LogP contribution in [0.3, 0.4) is 0 Å². The summed E-state index contributed by atoms with van der Waals surface area (Å²) in [5.74, 6) is -4.83. The van der Waals surface area contributed by atoms with E-state index in [2.05, 4.69) is 20.7 Å². The lowest BCUT2D eigenvalue weighted by molar-refractivity contribution is -0.141. The van der Waals surface area contributed by atoms with Crippen molar-refractivity contribution in [2.75, 3.05) is 32.5 Å². The highest BCUT2D eigenvalue weighted by Crippen LogP contribution is 2.41. The number of imidazole rings is 1. The highest BCUT2D eigenvalue weighted by molar-refractivity contribution is 6.04. The molecule has 1 saturated heterocycles. The molecular weight excluding hydrogens is 802 g/mol. The Bertz CT molecular complexity index is 2460. The number of anilines is 1. The first kappa shape index (κ1) is 46.1. The summed E-state index contributed by atoms with van der Waals surface area (Å²) in [5, 5.41) is 19.8. The van der Waals surface area contributed by atoms with E-state index in [1.54, 1.807) is 49.3 Å². The second-order valence-electron chi connectivity index (χ2n) is 15.0. The molecule has 2 fully saturated rings. The van der Waals surface area contributed by atoms with E-state index >= 15 is 0 Å². The summed E-state index contributed by atoms with van der Waals surface area (Å²) in [6, 6.07) is 12.7. The van der Waals surface area contributed by atoms with E-state index in [0.717, 1.165) is 43.2 Å². The third-order valence-electron chi connectivity index (χ3n) is 11.0. The molecule has 2 aliphatic rings. The third-order valence-corrected chi connectivity index (χ3v) is 11.0. The van der Waals surface area contributed by atoms with Crippen molar-refractivity contribution in [3.05, 3.63) is 87.7 Å². The second-order valence-corrected chi connectivity index (χ2v) is 15.0. The Morgan fingerprint density at radius 3 is 2.39 bits per heavy atom. The lowest BCUT2D eigenvalue weighted by Crippen LogP contribution is -2.45. The molecule has 2 atom stereocenters. The maximum absolute atomic E-state index is 14.6. The van der Waals surface area contributed by atoms with Crippen molar-refractivity contribution in [1.82, 2.24) is 34.1 Å². The van der Waals surface area contributed by atoms with Gasteiger partial charge in [-0.25, -0.2) is 18.6 Å². The fraction of sp³-hybridized carbons (Fsp3) is 0.465. The average molecular weight is 852 g/mol. The molecule has 1 aliphatic heterocycles. The minimum absolute atomic E-state index is 0.0998. The lowest BCUT2D eigenvalue weighted by Gasteiger charge is -2.36. The Labute approximate surface area is 349 Å². The number of pyridine rings is 1. The third kappa shape index (κ3) is 10.5. The molecule has 61 heavy (non-hydrogen) atoms. The molecule has 0 bridgehead atoms. The quantitative estimate of drug-likeness (QED) is 0.112. The molecule has 4 heterocycles. The van der Waals surface area contributed by atoms with Gasteiger partial charge in [0.05, 0.1) is 52.3 Å². The predicted octanol–water partition coefficient (Wildman–Crippen LogP) is 7.77. The van der Waals surface area contributed by atoms with Gasteiger partial charge in [0, 0.05) is 32.1 Å². The zero-order chi connectivity index (χ0) is 44.6. The Hall–Kier alpha value is -5.96. The van der Waals surface area contributed by atoms with Crippen molar-refractivity contribution in [3.63, 3.8) is 0 Å². The Balaban J connectivity index is 0.000000222. The number of amides is 2. The number of piperidine rings is 1. The number of aldehydes is 1. The summed E-state index contributed by atoms with van der Waals surface area (Å²) in [6.07, 6.45) is 4.08. The van der Waals surface area contributed by atoms with Crippen LogP contribution >= 0.6 is 0 Å². The number of carbonyl (C=O) groups excluding carboxylic acids is 3. The Kier molecular flexibility index (Phi) is 14.8. The Morgan fingerprint density at radius 1 is 1.03 bits per heavy atom. The van der Waals surface area contributed by atoms with Gasteiger partial charge in [-0.05, 0) is 81.2 Å². The van der Waals surface area contributed by atoms with E-state index in [1.165, 1.54) is 28.7 Å². The van der Waals surface area contributed by atoms with Crippen molar-refractivity contribution >= 4 is 45.7 Å². The number of fused-ring (bicyclic) bond motifs is 2. The van der Waals surface area contributed by atoms with Gasteiger partial charge >= 0.3 is 11.9 Å². The van der Waals surface area contributed by atoms with Crippen LogP contribution in [0.25, 0.3) is 21.9 Å². The number of benzene rings is 2. The first-order valence-electron chi connectivity index (χ1n) is 20.3. The fourth-order valence-corrected chi connectivity index (χ4v) is 7.82. The molecule has 3 aromatic heterocycles. The first-order chi connectivity index (χ1) is 29.0. The van der Waals surface area contributed by atoms with Crippen LogP contribution in [0.2, 0.25) is 0 Å². The predicted molar refractivity (Wildman–Crippen MR) is 220 cm³/mol. The summed E-state index contributed by atoms with van der Waals surface area (Å²) >= 11 is 0. The highest BCUT2D eigenvalue weighted by atomic mass is 19.4. The van der Waals surface area contributed by atoms with Crippen LogP contribution in [0.15, 0.2) is 59.5 Å². The van der Waals surface area contributed by atoms with Gasteiger partial charge in [-0.3, -0.25) is 23.4 Å². The van der Waals surface area contributed by atoms with E-state index in [9.17, 15) is 46.4 Å². The summed E-state index contributed by atoms with van der Waals surface area (Å²) in [7, 11) is 4.73. The lowest BCUT2D eigenvalue weighted by atomic mass is 9.86. The van der Waals surface area contributed by atoms with Gasteiger partial charge in [0.25, 0.3) is 11.8 Å². The number of nitriles is 1. The van der Waals surface area contributed by atoms with E-state index in [0.29, 0.717) is 47.4 Å². The molecular formula is C43H50F5N9O4. The summed E-state index contributed by atoms with van der Waals surface area (Å²) in [5.41, 5.74) is 0.534. The second kappa shape index (κ2) is 19.6. The standard InChI is InChI=1S/C21H18F3N5O.C20H26F2N4O3.C2H6/c22-21(23,24)19-8-4-7-16(26-19)20(30)27-17-10-14-12-29(15-5-2-1-3-6-15)28-18(14)9-13(17)11-25;1-23-18(28)7-5-14(11-27)26-16-6-4-13(10-17(16)25(3)19(26)29)15-8-9-24(2)12-20(15,21)22;1-2/h4,7-10,12,15H,1-3,5-6H2,(H,27,30);4,6,10-11,14-15H,5,7-9,12H2,1-3H3,(H,23,28);1-2H3. The van der Waals surface area contributed by atoms with Crippen LogP contribution in [-0.4, -0.2) is 80.0 Å². The highest BCUT2D eigenvalue weighted by Gasteiger charge is 2.44. The number of halogens is 5. The summed E-state index contributed by atoms with van der Waals surface area (Å²) in [6.45, 7) is 4.27. The molecule has 2 unspecified atom stereocenters. The van der Waals surface area contributed by atoms with E-state index in [1.807, 2.05) is 30.8 Å². The molecule has 0 spiro atoms. The Morgan fingerprint density at radius 2 is 1.75 bits per heavy atom. The van der Waals surface area contributed by atoms with E-state index in [4.69, 9.17) is 0 Å². The molecule has 2 aromatic carbocycles. The number of alkyl halides is 5. The number of hydrogen-bond donors (Lipinski definition) is 2. The molecule has 13 nitrogen and oxygen atoms in total. The normalized spacial score (nSPS) is 17.3. The molecule has 2 N–H and O–H groups in total. The zero-order valence-corrected chi connectivity index (χ0v) is 34.7. The van der Waals surface area contributed by atoms with Crippen LogP contribution in [0.5, 0.6) is 0 Å². The number of nitrogens with zero attached hydrogens (tertiary/aromatic N) is 7. The smallest absolute Gasteiger partial charge is 0.359 e. The largest absolute Gasteiger partial charge is 0.433 e. The van der Waals surface area contributed by atoms with Gasteiger partial charge in [-0.2, -0.15) is 23.5 Å². The van der Waals surface area contributed by atoms with Gasteiger partial charge in [-0.15, -0.1) is 0 Å². The number of hydrogen-bond acceptors (Lipinski definition) is 8. The number of aryl methyl sites for hydroxylation is 1. The molecule has 1 saturated carbocycles. The number of nitrogens with one attached hydrogen (secondary N) is 2. The monoisotopic (exact) mass is 851 g/mol. The van der Waals surface area contributed by atoms with Gasteiger partial charge < -0.3 is 20.3 Å². The number of likely N-dealkylation sites (tertiary alicyclic amines) is 1. The maximum atomic E-state index is 14.6. The molecule has 18 heteroatoms. The molecule has 7 rings (SSSR count). The molecule has 0 radical (unpaired) electrons. The first-order valence-corrected chi connectivity index (χ1v) is 20.3. The van der Waals surface area contributed by atoms with Crippen LogP contribution in [0, 0.1) is 11.3 Å². The molecule has 5 aromatic rings. The number of aromatic nitrogens is 5. The fourth-order valence-electron chi connectivity index (χ4n) is 7.82. The topological polar surface area (TPSA) is 160 Å². The van der Waals surface area contributed by atoms with Crippen LogP contribution < -0.4 is 16.3 Å². The molecule has 1 aliphatic carbocycles. The van der Waals surface area contributed by atoms with Crippen molar-refractivity contribution in [1.29, 1.82) is 5.26 Å². The van der Waals surface area contributed by atoms with Crippen molar-refractivity contribution in [3.8, 4) is 6.07 Å². The van der Waals surface area contributed by atoms with Crippen LogP contribution in [0.4, 0.5) is 27.6 Å². The summed E-state index contributed by atoms with van der Waals surface area (Å²) < 4.78 is 72.4. The minimum Gasteiger partial charge on any atom is -0.359 e. The van der Waals surface area contributed by atoms with Gasteiger partial charge in [0.1, 0.15) is 23.7 Å². The van der Waals surface area contributed by atoms with Gasteiger partial charge in [0.15, 0.2) is 0 Å². The van der Waals surface area contributed by atoms with Gasteiger partial charge in [0.2, 0.25) is 5.91 Å². The number of rotatable bonds is 9. The van der Waals surface area contributed by atoms with E-state index in [-0.39, 0.29) is 42.2 Å². The van der Waals surface area contributed by atoms with Gasteiger partial charge in [-0.1, -0.05) is 45.2 Å². The average Bonchev–Trinajstić information content (AvgIpc) is 3.78. The SMILES string of the molecule is CC.CNC(=O)CCC(C=O)n1c(=O)n(C)c2cc(C3CCN(C)CC3(F)F)ccc21.N#Cc1cc2nn(C3CCCCC3)cc2cc1NC(=O)c1cccc(C(F)(F)F)n1. The van der Waals surface area contributed by atoms with Crippen molar-refractivity contribution < 1.29 is 36.3 Å². The molecule has 2 amide bonds.